The maximum absolute atomic E-state index is 12.9. The molecule has 2 amide bonds. The summed E-state index contributed by atoms with van der Waals surface area (Å²) in [5, 5.41) is 1.43. The number of fused-ring (bicyclic) bond motifs is 1. The lowest BCUT2D eigenvalue weighted by atomic mass is 10.0. The molecule has 0 bridgehead atoms. The first-order valence-corrected chi connectivity index (χ1v) is 13.9. The Morgan fingerprint density at radius 3 is 2.56 bits per heavy atom. The quantitative estimate of drug-likeness (QED) is 0.124. The summed E-state index contributed by atoms with van der Waals surface area (Å²) in [7, 11) is 0. The number of carbonyl (C=O) groups excluding carboxylic acids is 3. The van der Waals surface area contributed by atoms with E-state index in [2.05, 4.69) is 15.9 Å². The zero-order valence-electron chi connectivity index (χ0n) is 21.3. The minimum absolute atomic E-state index is 0.155. The summed E-state index contributed by atoms with van der Waals surface area (Å²) in [6, 6.07) is 24.1. The van der Waals surface area contributed by atoms with Crippen molar-refractivity contribution in [2.75, 3.05) is 13.2 Å². The highest BCUT2D eigenvalue weighted by molar-refractivity contribution is 9.10. The van der Waals surface area contributed by atoms with Gasteiger partial charge in [-0.3, -0.25) is 14.5 Å². The standard InChI is InChI=1S/C31H24BrNO5S/c1-19-10-11-20(2)27(16-19)37-15-14-33-29(34)28(39-31(33)36)18-21-12-13-26(25(32)17-21)38-30(35)24-9-5-7-22-6-3-4-8-23(22)24/h3-13,16-18H,14-15H2,1-2H3/b28-18-. The summed E-state index contributed by atoms with van der Waals surface area (Å²) >= 11 is 4.35. The number of carbonyl (C=O) groups is 3. The third kappa shape index (κ3) is 5.92. The van der Waals surface area contributed by atoms with Crippen LogP contribution in [0.15, 0.2) is 88.2 Å². The van der Waals surface area contributed by atoms with E-state index in [0.29, 0.717) is 26.3 Å². The molecule has 4 aromatic rings. The lowest BCUT2D eigenvalue weighted by Crippen LogP contribution is -2.32. The van der Waals surface area contributed by atoms with Crippen LogP contribution in [0, 0.1) is 13.8 Å². The SMILES string of the molecule is Cc1ccc(C)c(OCCN2C(=O)S/C(=C\c3ccc(OC(=O)c4cccc5ccccc45)c(Br)c3)C2=O)c1. The zero-order valence-corrected chi connectivity index (χ0v) is 23.7. The van der Waals surface area contributed by atoms with Gasteiger partial charge in [0.15, 0.2) is 0 Å². The van der Waals surface area contributed by atoms with Gasteiger partial charge in [-0.25, -0.2) is 4.79 Å². The minimum Gasteiger partial charge on any atom is -0.491 e. The van der Waals surface area contributed by atoms with Crippen LogP contribution in [-0.2, 0) is 4.79 Å². The number of esters is 1. The van der Waals surface area contributed by atoms with Gasteiger partial charge in [0, 0.05) is 0 Å². The van der Waals surface area contributed by atoms with E-state index < -0.39 is 5.97 Å². The number of halogens is 1. The fraction of sp³-hybridized carbons (Fsp3) is 0.129. The average Bonchev–Trinajstić information content (AvgIpc) is 3.19. The molecule has 0 spiro atoms. The fourth-order valence-electron chi connectivity index (χ4n) is 4.20. The third-order valence-electron chi connectivity index (χ3n) is 6.26. The van der Waals surface area contributed by atoms with Crippen molar-refractivity contribution in [3.8, 4) is 11.5 Å². The first-order valence-electron chi connectivity index (χ1n) is 12.2. The number of ether oxygens (including phenoxy) is 2. The van der Waals surface area contributed by atoms with Gasteiger partial charge in [0.2, 0.25) is 0 Å². The lowest BCUT2D eigenvalue weighted by molar-refractivity contribution is -0.123. The van der Waals surface area contributed by atoms with Gasteiger partial charge in [-0.15, -0.1) is 0 Å². The molecule has 0 N–H and O–H groups in total. The molecule has 5 rings (SSSR count). The maximum Gasteiger partial charge on any atom is 0.344 e. The maximum atomic E-state index is 12.9. The Morgan fingerprint density at radius 1 is 0.949 bits per heavy atom. The van der Waals surface area contributed by atoms with Crippen molar-refractivity contribution in [1.29, 1.82) is 0 Å². The van der Waals surface area contributed by atoms with Crippen molar-refractivity contribution < 1.29 is 23.9 Å². The smallest absolute Gasteiger partial charge is 0.344 e. The molecule has 196 valence electrons. The largest absolute Gasteiger partial charge is 0.491 e. The van der Waals surface area contributed by atoms with Gasteiger partial charge in [-0.2, -0.15) is 0 Å². The van der Waals surface area contributed by atoms with Gasteiger partial charge in [-0.1, -0.05) is 54.6 Å². The summed E-state index contributed by atoms with van der Waals surface area (Å²) in [6.45, 7) is 4.29. The molecule has 0 saturated carbocycles. The van der Waals surface area contributed by atoms with E-state index in [1.165, 1.54) is 4.90 Å². The number of aryl methyl sites for hydroxylation is 2. The molecule has 0 radical (unpaired) electrons. The summed E-state index contributed by atoms with van der Waals surface area (Å²) in [5.74, 6) is 0.256. The average molecular weight is 603 g/mol. The van der Waals surface area contributed by atoms with Crippen LogP contribution in [0.2, 0.25) is 0 Å². The second-order valence-corrected chi connectivity index (χ2v) is 10.9. The molecule has 1 saturated heterocycles. The van der Waals surface area contributed by atoms with Gasteiger partial charge >= 0.3 is 5.97 Å². The Bertz CT molecular complexity index is 1640. The zero-order chi connectivity index (χ0) is 27.5. The van der Waals surface area contributed by atoms with Crippen molar-refractivity contribution in [1.82, 2.24) is 4.90 Å². The summed E-state index contributed by atoms with van der Waals surface area (Å²) in [5.41, 5.74) is 3.22. The lowest BCUT2D eigenvalue weighted by Gasteiger charge is -2.14. The molecule has 8 heteroatoms. The molecular formula is C31H24BrNO5S. The molecule has 6 nitrogen and oxygen atoms in total. The van der Waals surface area contributed by atoms with E-state index in [4.69, 9.17) is 9.47 Å². The summed E-state index contributed by atoms with van der Waals surface area (Å²) in [6.07, 6.45) is 1.65. The summed E-state index contributed by atoms with van der Waals surface area (Å²) in [4.78, 5) is 39.9. The van der Waals surface area contributed by atoms with E-state index in [0.717, 1.165) is 39.4 Å². The molecule has 0 aliphatic carbocycles. The number of benzene rings is 4. The third-order valence-corrected chi connectivity index (χ3v) is 7.78. The Balaban J connectivity index is 1.25. The highest BCUT2D eigenvalue weighted by Crippen LogP contribution is 2.34. The highest BCUT2D eigenvalue weighted by atomic mass is 79.9. The molecular weight excluding hydrogens is 578 g/mol. The predicted octanol–water partition coefficient (Wildman–Crippen LogP) is 7.55. The second kappa shape index (κ2) is 11.5. The van der Waals surface area contributed by atoms with Gasteiger partial charge in [0.1, 0.15) is 18.1 Å². The number of hydrogen-bond donors (Lipinski definition) is 0. The van der Waals surface area contributed by atoms with Crippen molar-refractivity contribution in [2.24, 2.45) is 0 Å². The molecule has 39 heavy (non-hydrogen) atoms. The van der Waals surface area contributed by atoms with Crippen LogP contribution in [0.5, 0.6) is 11.5 Å². The molecule has 0 aromatic heterocycles. The Kier molecular flexibility index (Phi) is 7.86. The molecule has 1 aliphatic rings. The van der Waals surface area contributed by atoms with Crippen LogP contribution in [0.1, 0.15) is 27.0 Å². The Labute approximate surface area is 238 Å². The number of thioether (sulfide) groups is 1. The van der Waals surface area contributed by atoms with Gasteiger partial charge < -0.3 is 9.47 Å². The van der Waals surface area contributed by atoms with E-state index in [9.17, 15) is 14.4 Å². The second-order valence-electron chi connectivity index (χ2n) is 9.06. The van der Waals surface area contributed by atoms with Gasteiger partial charge in [0.25, 0.3) is 11.1 Å². The molecule has 1 heterocycles. The van der Waals surface area contributed by atoms with E-state index in [-0.39, 0.29) is 24.3 Å². The van der Waals surface area contributed by atoms with Gasteiger partial charge in [0.05, 0.1) is 21.5 Å². The Hall–Kier alpha value is -3.88. The van der Waals surface area contributed by atoms with Crippen LogP contribution in [-0.4, -0.2) is 35.2 Å². The van der Waals surface area contributed by atoms with E-state index >= 15 is 0 Å². The van der Waals surface area contributed by atoms with Crippen molar-refractivity contribution >= 4 is 61.7 Å². The number of hydrogen-bond acceptors (Lipinski definition) is 6. The van der Waals surface area contributed by atoms with Crippen molar-refractivity contribution in [3.05, 3.63) is 110 Å². The number of nitrogens with zero attached hydrogens (tertiary/aromatic N) is 1. The van der Waals surface area contributed by atoms with Gasteiger partial charge in [-0.05, 0) is 99.3 Å². The molecule has 0 unspecified atom stereocenters. The number of imide groups is 1. The van der Waals surface area contributed by atoms with E-state index in [1.54, 1.807) is 30.3 Å². The minimum atomic E-state index is -0.468. The molecule has 0 atom stereocenters. The summed E-state index contributed by atoms with van der Waals surface area (Å²) < 4.78 is 12.0. The molecule has 4 aromatic carbocycles. The van der Waals surface area contributed by atoms with Crippen molar-refractivity contribution in [2.45, 2.75) is 13.8 Å². The Morgan fingerprint density at radius 2 is 1.74 bits per heavy atom. The van der Waals surface area contributed by atoms with E-state index in [1.807, 2.05) is 68.4 Å². The first-order chi connectivity index (χ1) is 18.8. The number of amides is 2. The van der Waals surface area contributed by atoms with Crippen LogP contribution in [0.3, 0.4) is 0 Å². The topological polar surface area (TPSA) is 72.9 Å². The fourth-order valence-corrected chi connectivity index (χ4v) is 5.54. The normalized spacial score (nSPS) is 14.3. The van der Waals surface area contributed by atoms with Crippen LogP contribution < -0.4 is 9.47 Å². The molecule has 1 aliphatic heterocycles. The number of rotatable bonds is 7. The predicted molar refractivity (Wildman–Crippen MR) is 157 cm³/mol. The van der Waals surface area contributed by atoms with Crippen LogP contribution >= 0.6 is 27.7 Å². The molecule has 1 fully saturated rings. The van der Waals surface area contributed by atoms with Crippen LogP contribution in [0.25, 0.3) is 16.8 Å². The van der Waals surface area contributed by atoms with Crippen molar-refractivity contribution in [3.63, 3.8) is 0 Å². The highest BCUT2D eigenvalue weighted by Gasteiger charge is 2.34. The first kappa shape index (κ1) is 26.7. The van der Waals surface area contributed by atoms with Crippen LogP contribution in [0.4, 0.5) is 4.79 Å². The monoisotopic (exact) mass is 601 g/mol.